The van der Waals surface area contributed by atoms with Gasteiger partial charge in [-0.15, -0.1) is 0 Å². The molecule has 0 atom stereocenters. The number of rotatable bonds is 2. The van der Waals surface area contributed by atoms with Crippen LogP contribution in [0, 0.1) is 0 Å². The summed E-state index contributed by atoms with van der Waals surface area (Å²) in [5.41, 5.74) is 4.58. The van der Waals surface area contributed by atoms with Crippen molar-refractivity contribution >= 4 is 24.6 Å². The van der Waals surface area contributed by atoms with Crippen LogP contribution >= 0.6 is 13.5 Å². The SMILES string of the molecule is C=C(C)c1ccccc1C(=C)C.S. The van der Waals surface area contributed by atoms with Gasteiger partial charge in [0.2, 0.25) is 0 Å². The van der Waals surface area contributed by atoms with E-state index in [-0.39, 0.29) is 13.5 Å². The minimum Gasteiger partial charge on any atom is -0.197 e. The summed E-state index contributed by atoms with van der Waals surface area (Å²) in [6, 6.07) is 8.20. The van der Waals surface area contributed by atoms with Gasteiger partial charge in [0.1, 0.15) is 0 Å². The smallest absolute Gasteiger partial charge is 0.0158 e. The molecular formula is C12H16S. The second-order valence-electron chi connectivity index (χ2n) is 3.11. The fourth-order valence-electron chi connectivity index (χ4n) is 1.23. The standard InChI is InChI=1S/C12H14.H2S/c1-9(2)11-7-5-6-8-12(11)10(3)4;/h5-8H,1,3H2,2,4H3;1H2. The van der Waals surface area contributed by atoms with Crippen LogP contribution in [-0.4, -0.2) is 0 Å². The van der Waals surface area contributed by atoms with Crippen LogP contribution in [0.3, 0.4) is 0 Å². The molecule has 0 fully saturated rings. The van der Waals surface area contributed by atoms with Crippen LogP contribution in [0.5, 0.6) is 0 Å². The Bertz CT molecular complexity index is 291. The van der Waals surface area contributed by atoms with Crippen molar-refractivity contribution in [3.05, 3.63) is 48.6 Å². The summed E-state index contributed by atoms with van der Waals surface area (Å²) in [5.74, 6) is 0. The summed E-state index contributed by atoms with van der Waals surface area (Å²) >= 11 is 0. The van der Waals surface area contributed by atoms with Gasteiger partial charge < -0.3 is 0 Å². The van der Waals surface area contributed by atoms with Crippen LogP contribution < -0.4 is 0 Å². The van der Waals surface area contributed by atoms with Crippen LogP contribution in [0.25, 0.3) is 11.1 Å². The predicted molar refractivity (Wildman–Crippen MR) is 66.2 cm³/mol. The fourth-order valence-corrected chi connectivity index (χ4v) is 1.23. The molecular weight excluding hydrogens is 176 g/mol. The summed E-state index contributed by atoms with van der Waals surface area (Å²) < 4.78 is 0. The second-order valence-corrected chi connectivity index (χ2v) is 3.11. The van der Waals surface area contributed by atoms with Gasteiger partial charge in [0.15, 0.2) is 0 Å². The number of allylic oxidation sites excluding steroid dienone is 2. The van der Waals surface area contributed by atoms with E-state index in [1.807, 2.05) is 26.0 Å². The lowest BCUT2D eigenvalue weighted by molar-refractivity contribution is 1.50. The number of hydrogen-bond acceptors (Lipinski definition) is 0. The third kappa shape index (κ3) is 2.78. The maximum absolute atomic E-state index is 3.93. The molecule has 0 aromatic heterocycles. The van der Waals surface area contributed by atoms with Crippen LogP contribution in [0.1, 0.15) is 25.0 Å². The first kappa shape index (κ1) is 12.0. The second kappa shape index (κ2) is 4.93. The topological polar surface area (TPSA) is 0 Å². The van der Waals surface area contributed by atoms with Gasteiger partial charge in [0.25, 0.3) is 0 Å². The van der Waals surface area contributed by atoms with Crippen LogP contribution in [0.2, 0.25) is 0 Å². The largest absolute Gasteiger partial charge is 0.197 e. The third-order valence-corrected chi connectivity index (χ3v) is 1.85. The molecule has 0 saturated carbocycles. The molecule has 0 radical (unpaired) electrons. The van der Waals surface area contributed by atoms with Crippen molar-refractivity contribution in [2.45, 2.75) is 13.8 Å². The minimum absolute atomic E-state index is 0. The molecule has 0 bridgehead atoms. The lowest BCUT2D eigenvalue weighted by Crippen LogP contribution is -1.86. The molecule has 1 aromatic rings. The van der Waals surface area contributed by atoms with Crippen molar-refractivity contribution in [3.8, 4) is 0 Å². The Hall–Kier alpha value is -0.950. The molecule has 1 heteroatoms. The summed E-state index contributed by atoms with van der Waals surface area (Å²) in [4.78, 5) is 0. The van der Waals surface area contributed by atoms with E-state index in [0.29, 0.717) is 0 Å². The van der Waals surface area contributed by atoms with Crippen molar-refractivity contribution < 1.29 is 0 Å². The molecule has 0 spiro atoms. The summed E-state index contributed by atoms with van der Waals surface area (Å²) in [7, 11) is 0. The first-order chi connectivity index (χ1) is 5.63. The zero-order valence-electron chi connectivity index (χ0n) is 8.22. The van der Waals surface area contributed by atoms with E-state index in [0.717, 1.165) is 11.1 Å². The lowest BCUT2D eigenvalue weighted by Gasteiger charge is -2.07. The molecule has 0 heterocycles. The van der Waals surface area contributed by atoms with Gasteiger partial charge in [-0.05, 0) is 25.0 Å². The first-order valence-corrected chi connectivity index (χ1v) is 4.03. The highest BCUT2D eigenvalue weighted by atomic mass is 32.1. The monoisotopic (exact) mass is 192 g/mol. The highest BCUT2D eigenvalue weighted by molar-refractivity contribution is 7.59. The van der Waals surface area contributed by atoms with Gasteiger partial charge in [-0.3, -0.25) is 0 Å². The van der Waals surface area contributed by atoms with Gasteiger partial charge in [0, 0.05) is 0 Å². The van der Waals surface area contributed by atoms with Gasteiger partial charge in [0.05, 0.1) is 0 Å². The molecule has 13 heavy (non-hydrogen) atoms. The van der Waals surface area contributed by atoms with Crippen molar-refractivity contribution in [1.82, 2.24) is 0 Å². The van der Waals surface area contributed by atoms with Gasteiger partial charge in [-0.1, -0.05) is 48.6 Å². The Morgan fingerprint density at radius 2 is 1.23 bits per heavy atom. The molecule has 0 aliphatic carbocycles. The molecule has 0 nitrogen and oxygen atoms in total. The number of benzene rings is 1. The van der Waals surface area contributed by atoms with Crippen molar-refractivity contribution in [1.29, 1.82) is 0 Å². The molecule has 70 valence electrons. The maximum atomic E-state index is 3.93. The molecule has 0 unspecified atom stereocenters. The normalized spacial score (nSPS) is 8.77. The van der Waals surface area contributed by atoms with E-state index in [2.05, 4.69) is 25.3 Å². The summed E-state index contributed by atoms with van der Waals surface area (Å²) in [6.45, 7) is 11.9. The van der Waals surface area contributed by atoms with Crippen molar-refractivity contribution in [2.24, 2.45) is 0 Å². The average molecular weight is 192 g/mol. The van der Waals surface area contributed by atoms with Crippen molar-refractivity contribution in [2.75, 3.05) is 0 Å². The Balaban J connectivity index is 0.00000144. The Labute approximate surface area is 87.4 Å². The van der Waals surface area contributed by atoms with Gasteiger partial charge in [-0.2, -0.15) is 13.5 Å². The zero-order valence-corrected chi connectivity index (χ0v) is 9.22. The lowest BCUT2D eigenvalue weighted by atomic mass is 9.98. The predicted octanol–water partition coefficient (Wildman–Crippen LogP) is 3.87. The highest BCUT2D eigenvalue weighted by Crippen LogP contribution is 2.22. The molecule has 0 aliphatic heterocycles. The van der Waals surface area contributed by atoms with E-state index in [4.69, 9.17) is 0 Å². The third-order valence-electron chi connectivity index (χ3n) is 1.85. The van der Waals surface area contributed by atoms with E-state index >= 15 is 0 Å². The van der Waals surface area contributed by atoms with Crippen molar-refractivity contribution in [3.63, 3.8) is 0 Å². The quantitative estimate of drug-likeness (QED) is 0.667. The molecule has 1 rings (SSSR count). The Morgan fingerprint density at radius 1 is 0.923 bits per heavy atom. The molecule has 0 saturated heterocycles. The van der Waals surface area contributed by atoms with E-state index in [9.17, 15) is 0 Å². The van der Waals surface area contributed by atoms with Crippen LogP contribution in [0.4, 0.5) is 0 Å². The summed E-state index contributed by atoms with van der Waals surface area (Å²) in [5, 5.41) is 0. The van der Waals surface area contributed by atoms with E-state index in [1.165, 1.54) is 11.1 Å². The van der Waals surface area contributed by atoms with E-state index in [1.54, 1.807) is 0 Å². The zero-order chi connectivity index (χ0) is 9.14. The first-order valence-electron chi connectivity index (χ1n) is 4.03. The summed E-state index contributed by atoms with van der Waals surface area (Å²) in [6.07, 6.45) is 0. The van der Waals surface area contributed by atoms with Gasteiger partial charge >= 0.3 is 0 Å². The fraction of sp³-hybridized carbons (Fsp3) is 0.167. The molecule has 0 N–H and O–H groups in total. The average Bonchev–Trinajstić information content (AvgIpc) is 2.04. The maximum Gasteiger partial charge on any atom is -0.0158 e. The molecule has 0 aliphatic rings. The van der Waals surface area contributed by atoms with E-state index < -0.39 is 0 Å². The minimum atomic E-state index is 0. The number of hydrogen-bond donors (Lipinski definition) is 0. The Morgan fingerprint density at radius 3 is 1.46 bits per heavy atom. The molecule has 1 aromatic carbocycles. The highest BCUT2D eigenvalue weighted by Gasteiger charge is 2.00. The molecule has 0 amide bonds. The van der Waals surface area contributed by atoms with Gasteiger partial charge in [-0.25, -0.2) is 0 Å². The van der Waals surface area contributed by atoms with Crippen LogP contribution in [0.15, 0.2) is 37.4 Å². The Kier molecular flexibility index (Phi) is 4.57. The van der Waals surface area contributed by atoms with Crippen LogP contribution in [-0.2, 0) is 0 Å².